The highest BCUT2D eigenvalue weighted by Crippen LogP contribution is 2.37. The molecule has 0 fully saturated rings. The molecule has 0 aliphatic rings. The van der Waals surface area contributed by atoms with Gasteiger partial charge in [-0.05, 0) is 72.3 Å². The van der Waals surface area contributed by atoms with E-state index in [9.17, 15) is 19.7 Å². The summed E-state index contributed by atoms with van der Waals surface area (Å²) < 4.78 is 5.84. The Hall–Kier alpha value is -5.41. The third kappa shape index (κ3) is 7.41. The zero-order valence-corrected chi connectivity index (χ0v) is 23.0. The summed E-state index contributed by atoms with van der Waals surface area (Å²) >= 11 is 1.35. The predicted octanol–water partition coefficient (Wildman–Crippen LogP) is 8.11. The molecule has 2 N–H and O–H groups in total. The number of nitrogens with zero attached hydrogens (tertiary/aromatic N) is 1. The lowest BCUT2D eigenvalue weighted by Crippen LogP contribution is -2.19. The van der Waals surface area contributed by atoms with E-state index in [4.69, 9.17) is 4.74 Å². The van der Waals surface area contributed by atoms with Gasteiger partial charge in [0.1, 0.15) is 16.7 Å². The first-order valence-corrected chi connectivity index (χ1v) is 13.8. The number of anilines is 2. The molecule has 0 aliphatic heterocycles. The largest absolute Gasteiger partial charge is 0.457 e. The van der Waals surface area contributed by atoms with Crippen molar-refractivity contribution in [3.63, 3.8) is 0 Å². The number of hydrogen-bond acceptors (Lipinski definition) is 6. The predicted molar refractivity (Wildman–Crippen MR) is 164 cm³/mol. The van der Waals surface area contributed by atoms with Crippen molar-refractivity contribution in [1.29, 1.82) is 0 Å². The molecule has 9 heteroatoms. The number of nitrogens with one attached hydrogen (secondary N) is 2. The Bertz CT molecular complexity index is 1680. The molecule has 1 unspecified atom stereocenters. The van der Waals surface area contributed by atoms with Gasteiger partial charge in [-0.25, -0.2) is 0 Å². The number of hydrogen-bond donors (Lipinski definition) is 2. The van der Waals surface area contributed by atoms with E-state index >= 15 is 0 Å². The second-order valence-electron chi connectivity index (χ2n) is 9.12. The van der Waals surface area contributed by atoms with Gasteiger partial charge in [-0.1, -0.05) is 54.6 Å². The number of rotatable bonds is 10. The van der Waals surface area contributed by atoms with Crippen LogP contribution in [0.3, 0.4) is 0 Å². The van der Waals surface area contributed by atoms with E-state index in [2.05, 4.69) is 10.6 Å². The van der Waals surface area contributed by atoms with E-state index in [0.717, 1.165) is 16.2 Å². The normalized spacial score (nSPS) is 11.2. The summed E-state index contributed by atoms with van der Waals surface area (Å²) in [5.41, 5.74) is 2.19. The second-order valence-corrected chi connectivity index (χ2v) is 10.3. The van der Waals surface area contributed by atoms with Crippen molar-refractivity contribution in [1.82, 2.24) is 0 Å². The van der Waals surface area contributed by atoms with E-state index in [1.54, 1.807) is 42.5 Å². The van der Waals surface area contributed by atoms with E-state index in [0.29, 0.717) is 22.7 Å². The quantitative estimate of drug-likeness (QED) is 0.0989. The first-order valence-electron chi connectivity index (χ1n) is 13.0. The highest BCUT2D eigenvalue weighted by molar-refractivity contribution is 8.00. The topological polar surface area (TPSA) is 111 Å². The van der Waals surface area contributed by atoms with Crippen molar-refractivity contribution in [3.05, 3.63) is 155 Å². The first-order chi connectivity index (χ1) is 20.4. The third-order valence-corrected chi connectivity index (χ3v) is 7.38. The lowest BCUT2D eigenvalue weighted by molar-refractivity contribution is -0.384. The minimum Gasteiger partial charge on any atom is -0.457 e. The average molecular weight is 576 g/mol. The van der Waals surface area contributed by atoms with Crippen LogP contribution >= 0.6 is 11.8 Å². The van der Waals surface area contributed by atoms with Crippen molar-refractivity contribution in [2.45, 2.75) is 10.1 Å². The maximum absolute atomic E-state index is 13.5. The number of nitro groups is 1. The maximum atomic E-state index is 13.5. The number of carbonyl (C=O) groups excluding carboxylic acids is 2. The molecule has 5 aromatic carbocycles. The van der Waals surface area contributed by atoms with Crippen molar-refractivity contribution in [3.8, 4) is 11.5 Å². The number of benzene rings is 5. The number of para-hydroxylation sites is 1. The Balaban J connectivity index is 1.28. The van der Waals surface area contributed by atoms with Crippen LogP contribution in [0.2, 0.25) is 0 Å². The molecule has 1 atom stereocenters. The fourth-order valence-corrected chi connectivity index (χ4v) is 5.14. The SMILES string of the molecule is O=C(Nc1cccc(SC(C(=O)Nc2ccc(Oc3ccccc3)cc2)c2ccccc2)c1)c1ccc([N+](=O)[O-])cc1. The number of amides is 2. The first kappa shape index (κ1) is 28.1. The van der Waals surface area contributed by atoms with Crippen molar-refractivity contribution >= 4 is 40.6 Å². The van der Waals surface area contributed by atoms with Gasteiger partial charge < -0.3 is 15.4 Å². The molecule has 0 aliphatic carbocycles. The van der Waals surface area contributed by atoms with Crippen LogP contribution in [0.25, 0.3) is 0 Å². The molecule has 42 heavy (non-hydrogen) atoms. The molecule has 5 aromatic rings. The second kappa shape index (κ2) is 13.3. The minimum absolute atomic E-state index is 0.0911. The van der Waals surface area contributed by atoms with Gasteiger partial charge in [0.2, 0.25) is 5.91 Å². The van der Waals surface area contributed by atoms with Crippen LogP contribution in [-0.2, 0) is 4.79 Å². The van der Waals surface area contributed by atoms with Gasteiger partial charge in [0.05, 0.1) is 4.92 Å². The Morgan fingerprint density at radius 2 is 1.33 bits per heavy atom. The Morgan fingerprint density at radius 3 is 2.00 bits per heavy atom. The Kier molecular flexibility index (Phi) is 8.91. The summed E-state index contributed by atoms with van der Waals surface area (Å²) in [6, 6.07) is 38.6. The maximum Gasteiger partial charge on any atom is 0.269 e. The van der Waals surface area contributed by atoms with Crippen LogP contribution in [0, 0.1) is 10.1 Å². The number of thioether (sulfide) groups is 1. The number of non-ortho nitro benzene ring substituents is 1. The summed E-state index contributed by atoms with van der Waals surface area (Å²) in [6.45, 7) is 0. The molecule has 5 rings (SSSR count). The average Bonchev–Trinajstić information content (AvgIpc) is 3.02. The molecule has 0 saturated carbocycles. The van der Waals surface area contributed by atoms with Crippen LogP contribution in [0.4, 0.5) is 17.1 Å². The number of nitro benzene ring substituents is 1. The minimum atomic E-state index is -0.577. The van der Waals surface area contributed by atoms with Crippen LogP contribution in [0.1, 0.15) is 21.2 Å². The highest BCUT2D eigenvalue weighted by Gasteiger charge is 2.22. The van der Waals surface area contributed by atoms with Gasteiger partial charge in [-0.15, -0.1) is 11.8 Å². The summed E-state index contributed by atoms with van der Waals surface area (Å²) in [7, 11) is 0. The van der Waals surface area contributed by atoms with Crippen LogP contribution in [0.5, 0.6) is 11.5 Å². The van der Waals surface area contributed by atoms with E-state index in [1.807, 2.05) is 66.7 Å². The Morgan fingerprint density at radius 1 is 0.690 bits per heavy atom. The summed E-state index contributed by atoms with van der Waals surface area (Å²) in [6.07, 6.45) is 0. The number of carbonyl (C=O) groups is 2. The molecule has 8 nitrogen and oxygen atoms in total. The molecule has 0 heterocycles. The molecule has 0 saturated heterocycles. The number of ether oxygens (including phenoxy) is 1. The highest BCUT2D eigenvalue weighted by atomic mass is 32.2. The van der Waals surface area contributed by atoms with Crippen molar-refractivity contribution < 1.29 is 19.2 Å². The smallest absolute Gasteiger partial charge is 0.269 e. The van der Waals surface area contributed by atoms with Crippen molar-refractivity contribution in [2.24, 2.45) is 0 Å². The van der Waals surface area contributed by atoms with E-state index in [1.165, 1.54) is 36.0 Å². The van der Waals surface area contributed by atoms with E-state index < -0.39 is 16.1 Å². The van der Waals surface area contributed by atoms with Gasteiger partial charge in [0, 0.05) is 34.0 Å². The monoisotopic (exact) mass is 575 g/mol. The van der Waals surface area contributed by atoms with Crippen LogP contribution < -0.4 is 15.4 Å². The van der Waals surface area contributed by atoms with E-state index in [-0.39, 0.29) is 11.6 Å². The lowest BCUT2D eigenvalue weighted by atomic mass is 10.1. The molecule has 0 aromatic heterocycles. The van der Waals surface area contributed by atoms with Crippen LogP contribution in [-0.4, -0.2) is 16.7 Å². The molecular formula is C33H25N3O5S. The van der Waals surface area contributed by atoms with Gasteiger partial charge >= 0.3 is 0 Å². The molecule has 0 bridgehead atoms. The standard InChI is InChI=1S/C33H25N3O5S/c37-32(24-14-18-27(19-15-24)36(39)40)35-26-10-7-13-30(22-26)42-31(23-8-3-1-4-9-23)33(38)34-25-16-20-29(21-17-25)41-28-11-5-2-6-12-28/h1-22,31H,(H,34,38)(H,35,37). The Labute approximate surface area is 246 Å². The summed E-state index contributed by atoms with van der Waals surface area (Å²) in [4.78, 5) is 37.4. The summed E-state index contributed by atoms with van der Waals surface area (Å²) in [5.74, 6) is 0.772. The zero-order valence-electron chi connectivity index (χ0n) is 22.2. The fraction of sp³-hybridized carbons (Fsp3) is 0.0303. The molecule has 208 valence electrons. The van der Waals surface area contributed by atoms with Gasteiger partial charge in [0.15, 0.2) is 0 Å². The van der Waals surface area contributed by atoms with Crippen LogP contribution in [0.15, 0.2) is 138 Å². The third-order valence-electron chi connectivity index (χ3n) is 6.13. The molecule has 0 spiro atoms. The molecular weight excluding hydrogens is 550 g/mol. The molecule has 2 amide bonds. The van der Waals surface area contributed by atoms with Gasteiger partial charge in [0.25, 0.3) is 11.6 Å². The van der Waals surface area contributed by atoms with Gasteiger partial charge in [-0.3, -0.25) is 19.7 Å². The fourth-order valence-electron chi connectivity index (χ4n) is 4.06. The summed E-state index contributed by atoms with van der Waals surface area (Å²) in [5, 5.41) is 16.1. The molecule has 0 radical (unpaired) electrons. The zero-order chi connectivity index (χ0) is 29.3. The van der Waals surface area contributed by atoms with Crippen molar-refractivity contribution in [2.75, 3.05) is 10.6 Å². The van der Waals surface area contributed by atoms with Gasteiger partial charge in [-0.2, -0.15) is 0 Å². The lowest BCUT2D eigenvalue weighted by Gasteiger charge is -2.18.